The van der Waals surface area contributed by atoms with Gasteiger partial charge in [-0.15, -0.1) is 0 Å². The van der Waals surface area contributed by atoms with Crippen LogP contribution in [0.5, 0.6) is 0 Å². The van der Waals surface area contributed by atoms with E-state index >= 15 is 0 Å². The Hall–Kier alpha value is -1.10. The minimum Gasteiger partial charge on any atom is -0.481 e. The summed E-state index contributed by atoms with van der Waals surface area (Å²) in [4.78, 5) is 27.3. The predicted octanol–water partition coefficient (Wildman–Crippen LogP) is 1.72. The molecule has 1 aliphatic heterocycles. The van der Waals surface area contributed by atoms with E-state index in [1.165, 1.54) is 6.42 Å². The van der Waals surface area contributed by atoms with Crippen LogP contribution in [-0.4, -0.2) is 58.0 Å². The van der Waals surface area contributed by atoms with Crippen LogP contribution < -0.4 is 0 Å². The molecule has 5 nitrogen and oxygen atoms in total. The molecule has 1 amide bonds. The molecule has 5 heteroatoms. The molecular formula is C15H26N2O3. The Morgan fingerprint density at radius 3 is 2.25 bits per heavy atom. The summed E-state index contributed by atoms with van der Waals surface area (Å²) >= 11 is 0. The highest BCUT2D eigenvalue weighted by molar-refractivity contribution is 5.79. The Morgan fingerprint density at radius 2 is 1.75 bits per heavy atom. The van der Waals surface area contributed by atoms with Gasteiger partial charge in [0.2, 0.25) is 5.91 Å². The van der Waals surface area contributed by atoms with Crippen LogP contribution in [0.1, 0.15) is 52.4 Å². The number of aliphatic carboxylic acids is 1. The van der Waals surface area contributed by atoms with Gasteiger partial charge in [-0.1, -0.05) is 0 Å². The van der Waals surface area contributed by atoms with Crippen molar-refractivity contribution in [1.82, 2.24) is 9.80 Å². The first-order chi connectivity index (χ1) is 9.49. The summed E-state index contributed by atoms with van der Waals surface area (Å²) in [6.07, 6.45) is 5.66. The number of piperidine rings is 1. The summed E-state index contributed by atoms with van der Waals surface area (Å²) < 4.78 is 0. The smallest absolute Gasteiger partial charge is 0.304 e. The number of likely N-dealkylation sites (tertiary alicyclic amines) is 1. The minimum absolute atomic E-state index is 0.120. The average Bonchev–Trinajstić information content (AvgIpc) is 3.18. The molecule has 20 heavy (non-hydrogen) atoms. The Labute approximate surface area is 120 Å². The van der Waals surface area contributed by atoms with Gasteiger partial charge in [-0.3, -0.25) is 14.5 Å². The third-order valence-electron chi connectivity index (χ3n) is 4.50. The summed E-state index contributed by atoms with van der Waals surface area (Å²) in [6.45, 7) is 5.10. The number of rotatable bonds is 6. The fourth-order valence-corrected chi connectivity index (χ4v) is 3.24. The maximum atomic E-state index is 12.5. The van der Waals surface area contributed by atoms with Crippen molar-refractivity contribution < 1.29 is 14.7 Å². The second kappa shape index (κ2) is 6.57. The number of carboxylic acid groups (broad SMARTS) is 1. The van der Waals surface area contributed by atoms with Crippen molar-refractivity contribution in [1.29, 1.82) is 0 Å². The van der Waals surface area contributed by atoms with Crippen LogP contribution in [0.3, 0.4) is 0 Å². The highest BCUT2D eigenvalue weighted by Gasteiger charge is 2.34. The van der Waals surface area contributed by atoms with Gasteiger partial charge in [-0.25, -0.2) is 0 Å². The zero-order chi connectivity index (χ0) is 14.7. The number of hydrogen-bond acceptors (Lipinski definition) is 3. The molecular weight excluding hydrogens is 256 g/mol. The van der Waals surface area contributed by atoms with Gasteiger partial charge in [0.15, 0.2) is 0 Å². The second-order valence-corrected chi connectivity index (χ2v) is 6.28. The number of carbonyl (C=O) groups is 2. The molecule has 1 saturated heterocycles. The summed E-state index contributed by atoms with van der Waals surface area (Å²) in [5, 5.41) is 8.81. The molecule has 2 atom stereocenters. The molecule has 0 bridgehead atoms. The molecule has 0 radical (unpaired) electrons. The molecule has 0 spiro atoms. The van der Waals surface area contributed by atoms with E-state index in [9.17, 15) is 9.59 Å². The van der Waals surface area contributed by atoms with E-state index in [2.05, 4.69) is 18.7 Å². The third-order valence-corrected chi connectivity index (χ3v) is 4.50. The van der Waals surface area contributed by atoms with Gasteiger partial charge in [0, 0.05) is 24.7 Å². The van der Waals surface area contributed by atoms with Crippen LogP contribution in [0.25, 0.3) is 0 Å². The van der Waals surface area contributed by atoms with Crippen LogP contribution >= 0.6 is 0 Å². The molecule has 0 aromatic rings. The van der Waals surface area contributed by atoms with Crippen molar-refractivity contribution in [3.8, 4) is 0 Å². The standard InChI is InChI=1S/C15H26N2O3/c1-11-4-3-5-12(2)17(11)14(18)10-16(13-6-7-13)9-8-15(19)20/h11-13H,3-10H2,1-2H3,(H,19,20). The van der Waals surface area contributed by atoms with Gasteiger partial charge in [0.05, 0.1) is 13.0 Å². The maximum Gasteiger partial charge on any atom is 0.304 e. The SMILES string of the molecule is CC1CCCC(C)N1C(=O)CN(CCC(=O)O)C1CC1. The molecule has 114 valence electrons. The van der Waals surface area contributed by atoms with E-state index in [0.717, 1.165) is 25.7 Å². The Kier molecular flexibility index (Phi) is 5.02. The summed E-state index contributed by atoms with van der Waals surface area (Å²) in [6, 6.07) is 1.05. The van der Waals surface area contributed by atoms with E-state index in [1.54, 1.807) is 0 Å². The zero-order valence-electron chi connectivity index (χ0n) is 12.5. The molecule has 1 saturated carbocycles. The van der Waals surface area contributed by atoms with Crippen molar-refractivity contribution in [3.05, 3.63) is 0 Å². The minimum atomic E-state index is -0.789. The highest BCUT2D eigenvalue weighted by atomic mass is 16.4. The molecule has 2 unspecified atom stereocenters. The molecule has 2 fully saturated rings. The van der Waals surface area contributed by atoms with E-state index in [0.29, 0.717) is 31.2 Å². The molecule has 2 rings (SSSR count). The van der Waals surface area contributed by atoms with Crippen LogP contribution in [0.4, 0.5) is 0 Å². The van der Waals surface area contributed by atoms with Gasteiger partial charge in [0.25, 0.3) is 0 Å². The van der Waals surface area contributed by atoms with Gasteiger partial charge in [-0.05, 0) is 46.0 Å². The normalized spacial score (nSPS) is 26.9. The third kappa shape index (κ3) is 3.95. The Balaban J connectivity index is 1.91. The van der Waals surface area contributed by atoms with E-state index in [1.807, 2.05) is 4.90 Å². The van der Waals surface area contributed by atoms with Gasteiger partial charge >= 0.3 is 5.97 Å². The fourth-order valence-electron chi connectivity index (χ4n) is 3.24. The van der Waals surface area contributed by atoms with Gasteiger partial charge < -0.3 is 10.0 Å². The first-order valence-corrected chi connectivity index (χ1v) is 7.76. The predicted molar refractivity (Wildman–Crippen MR) is 76.5 cm³/mol. The fraction of sp³-hybridized carbons (Fsp3) is 0.867. The lowest BCUT2D eigenvalue weighted by Gasteiger charge is -2.40. The average molecular weight is 282 g/mol. The lowest BCUT2D eigenvalue weighted by Crippen LogP contribution is -2.51. The van der Waals surface area contributed by atoms with E-state index < -0.39 is 5.97 Å². The van der Waals surface area contributed by atoms with Gasteiger partial charge in [0.1, 0.15) is 0 Å². The molecule has 1 N–H and O–H groups in total. The number of amides is 1. The monoisotopic (exact) mass is 282 g/mol. The van der Waals surface area contributed by atoms with Gasteiger partial charge in [-0.2, -0.15) is 0 Å². The number of nitrogens with zero attached hydrogens (tertiary/aromatic N) is 2. The Morgan fingerprint density at radius 1 is 1.15 bits per heavy atom. The first-order valence-electron chi connectivity index (χ1n) is 7.76. The lowest BCUT2D eigenvalue weighted by atomic mass is 9.97. The number of carbonyl (C=O) groups excluding carboxylic acids is 1. The van der Waals surface area contributed by atoms with Crippen LogP contribution in [0.15, 0.2) is 0 Å². The van der Waals surface area contributed by atoms with E-state index in [-0.39, 0.29) is 12.3 Å². The first kappa shape index (κ1) is 15.3. The van der Waals surface area contributed by atoms with Crippen molar-refractivity contribution in [3.63, 3.8) is 0 Å². The molecule has 2 aliphatic rings. The van der Waals surface area contributed by atoms with Crippen LogP contribution in [0, 0.1) is 0 Å². The maximum absolute atomic E-state index is 12.5. The zero-order valence-corrected chi connectivity index (χ0v) is 12.5. The van der Waals surface area contributed by atoms with Crippen molar-refractivity contribution >= 4 is 11.9 Å². The molecule has 1 heterocycles. The number of carboxylic acids is 1. The molecule has 1 aliphatic carbocycles. The Bertz CT molecular complexity index is 358. The second-order valence-electron chi connectivity index (χ2n) is 6.28. The summed E-state index contributed by atoms with van der Waals surface area (Å²) in [5.74, 6) is -0.621. The largest absolute Gasteiger partial charge is 0.481 e. The van der Waals surface area contributed by atoms with E-state index in [4.69, 9.17) is 5.11 Å². The molecule has 0 aromatic carbocycles. The van der Waals surface area contributed by atoms with Crippen molar-refractivity contribution in [2.75, 3.05) is 13.1 Å². The lowest BCUT2D eigenvalue weighted by molar-refractivity contribution is -0.141. The number of hydrogen-bond donors (Lipinski definition) is 1. The van der Waals surface area contributed by atoms with Crippen LogP contribution in [-0.2, 0) is 9.59 Å². The highest BCUT2D eigenvalue weighted by Crippen LogP contribution is 2.28. The van der Waals surface area contributed by atoms with Crippen molar-refractivity contribution in [2.45, 2.75) is 70.5 Å². The summed E-state index contributed by atoms with van der Waals surface area (Å²) in [5.41, 5.74) is 0. The summed E-state index contributed by atoms with van der Waals surface area (Å²) in [7, 11) is 0. The molecule has 0 aromatic heterocycles. The van der Waals surface area contributed by atoms with Crippen molar-refractivity contribution in [2.24, 2.45) is 0 Å². The quantitative estimate of drug-likeness (QED) is 0.805. The van der Waals surface area contributed by atoms with Crippen LogP contribution in [0.2, 0.25) is 0 Å². The topological polar surface area (TPSA) is 60.9 Å².